The Hall–Kier alpha value is -0.240. The summed E-state index contributed by atoms with van der Waals surface area (Å²) in [5.41, 5.74) is -0.246. The van der Waals surface area contributed by atoms with Gasteiger partial charge in [-0.2, -0.15) is 17.0 Å². The lowest BCUT2D eigenvalue weighted by Crippen LogP contribution is -2.48. The van der Waals surface area contributed by atoms with Gasteiger partial charge in [-0.1, -0.05) is 13.3 Å². The Morgan fingerprint density at radius 1 is 1.50 bits per heavy atom. The predicted molar refractivity (Wildman–Crippen MR) is 75.5 cm³/mol. The van der Waals surface area contributed by atoms with Crippen LogP contribution in [-0.2, 0) is 0 Å². The lowest BCUT2D eigenvalue weighted by molar-refractivity contribution is 0.298. The molecule has 0 aromatic carbocycles. The number of rotatable bonds is 7. The van der Waals surface area contributed by atoms with Gasteiger partial charge in [0, 0.05) is 11.3 Å². The molecule has 3 unspecified atom stereocenters. The summed E-state index contributed by atoms with van der Waals surface area (Å²) in [4.78, 5) is 0. The molecule has 3 atom stereocenters. The van der Waals surface area contributed by atoms with E-state index in [4.69, 9.17) is 5.11 Å². The first-order chi connectivity index (χ1) is 8.70. The van der Waals surface area contributed by atoms with Gasteiger partial charge in [0.2, 0.25) is 0 Å². The zero-order valence-electron chi connectivity index (χ0n) is 11.2. The van der Waals surface area contributed by atoms with E-state index in [2.05, 4.69) is 18.3 Å². The Kier molecular flexibility index (Phi) is 4.94. The molecule has 18 heavy (non-hydrogen) atoms. The zero-order chi connectivity index (χ0) is 13.0. The van der Waals surface area contributed by atoms with Crippen LogP contribution in [0.5, 0.6) is 0 Å². The van der Waals surface area contributed by atoms with E-state index in [9.17, 15) is 5.26 Å². The molecule has 0 aliphatic heterocycles. The Balaban J connectivity index is 1.83. The first kappa shape index (κ1) is 14.2. The highest BCUT2D eigenvalue weighted by molar-refractivity contribution is 7.99. The Morgan fingerprint density at radius 2 is 2.28 bits per heavy atom. The van der Waals surface area contributed by atoms with Crippen LogP contribution in [0.3, 0.4) is 0 Å². The number of hydrogen-bond acceptors (Lipinski definition) is 4. The number of aliphatic hydroxyl groups is 1. The molecule has 0 aromatic heterocycles. The minimum absolute atomic E-state index is 0.246. The van der Waals surface area contributed by atoms with E-state index in [-0.39, 0.29) is 12.1 Å². The minimum atomic E-state index is -0.246. The number of nitrogens with zero attached hydrogens (tertiary/aromatic N) is 1. The largest absolute Gasteiger partial charge is 0.395 e. The summed E-state index contributed by atoms with van der Waals surface area (Å²) in [5, 5.41) is 22.5. The van der Waals surface area contributed by atoms with Gasteiger partial charge in [0.15, 0.2) is 0 Å². The average Bonchev–Trinajstić information content (AvgIpc) is 3.10. The van der Waals surface area contributed by atoms with Crippen LogP contribution < -0.4 is 5.32 Å². The van der Waals surface area contributed by atoms with E-state index in [1.807, 2.05) is 11.8 Å². The van der Waals surface area contributed by atoms with Crippen molar-refractivity contribution in [3.8, 4) is 6.07 Å². The Labute approximate surface area is 114 Å². The molecule has 2 saturated carbocycles. The molecule has 2 fully saturated rings. The smallest absolute Gasteiger partial charge is 0.109 e. The van der Waals surface area contributed by atoms with Crippen molar-refractivity contribution in [3.05, 3.63) is 0 Å². The molecule has 2 N–H and O–H groups in total. The molecule has 0 spiro atoms. The topological polar surface area (TPSA) is 56.0 Å². The van der Waals surface area contributed by atoms with Gasteiger partial charge >= 0.3 is 0 Å². The van der Waals surface area contributed by atoms with Crippen LogP contribution in [0.4, 0.5) is 0 Å². The fourth-order valence-electron chi connectivity index (χ4n) is 2.89. The molecule has 4 heteroatoms. The third-order valence-electron chi connectivity index (χ3n) is 4.18. The maximum absolute atomic E-state index is 9.56. The van der Waals surface area contributed by atoms with Crippen molar-refractivity contribution in [2.24, 2.45) is 5.92 Å². The first-order valence-electron chi connectivity index (χ1n) is 7.11. The highest BCUT2D eigenvalue weighted by Crippen LogP contribution is 2.40. The molecule has 2 aliphatic rings. The summed E-state index contributed by atoms with van der Waals surface area (Å²) < 4.78 is 0. The number of hydrogen-bond donors (Lipinski definition) is 2. The molecule has 3 nitrogen and oxygen atoms in total. The van der Waals surface area contributed by atoms with E-state index >= 15 is 0 Å². The van der Waals surface area contributed by atoms with Gasteiger partial charge in [0.1, 0.15) is 5.54 Å². The van der Waals surface area contributed by atoms with Crippen molar-refractivity contribution in [3.63, 3.8) is 0 Å². The second kappa shape index (κ2) is 6.27. The average molecular weight is 268 g/mol. The summed E-state index contributed by atoms with van der Waals surface area (Å²) in [5.74, 6) is 1.56. The van der Waals surface area contributed by atoms with Gasteiger partial charge in [-0.3, -0.25) is 5.32 Å². The van der Waals surface area contributed by atoms with Crippen LogP contribution in [0.15, 0.2) is 0 Å². The molecule has 0 amide bonds. The van der Waals surface area contributed by atoms with Gasteiger partial charge in [-0.05, 0) is 43.8 Å². The van der Waals surface area contributed by atoms with Gasteiger partial charge in [-0.25, -0.2) is 0 Å². The van der Waals surface area contributed by atoms with Gasteiger partial charge < -0.3 is 5.11 Å². The fraction of sp³-hybridized carbons (Fsp3) is 0.929. The van der Waals surface area contributed by atoms with Crippen LogP contribution in [0.2, 0.25) is 0 Å². The highest BCUT2D eigenvalue weighted by atomic mass is 32.2. The van der Waals surface area contributed by atoms with Crippen molar-refractivity contribution < 1.29 is 5.11 Å². The van der Waals surface area contributed by atoms with Crippen LogP contribution in [0, 0.1) is 17.2 Å². The third-order valence-corrected chi connectivity index (χ3v) is 5.37. The van der Waals surface area contributed by atoms with E-state index < -0.39 is 0 Å². The van der Waals surface area contributed by atoms with E-state index in [0.717, 1.165) is 18.6 Å². The van der Waals surface area contributed by atoms with Gasteiger partial charge in [-0.15, -0.1) is 0 Å². The number of nitriles is 1. The maximum atomic E-state index is 9.56. The Morgan fingerprint density at radius 3 is 2.89 bits per heavy atom. The van der Waals surface area contributed by atoms with E-state index in [0.29, 0.717) is 17.2 Å². The zero-order valence-corrected chi connectivity index (χ0v) is 12.0. The molecule has 102 valence electrons. The molecule has 0 aromatic rings. The van der Waals surface area contributed by atoms with Crippen molar-refractivity contribution in [2.45, 2.75) is 62.3 Å². The van der Waals surface area contributed by atoms with Crippen LogP contribution in [0.1, 0.15) is 45.4 Å². The molecule has 2 aliphatic carbocycles. The summed E-state index contributed by atoms with van der Waals surface area (Å²) in [6, 6.07) is 3.19. The summed E-state index contributed by atoms with van der Waals surface area (Å²) in [6.07, 6.45) is 6.96. The van der Waals surface area contributed by atoms with Gasteiger partial charge in [0.25, 0.3) is 0 Å². The van der Waals surface area contributed by atoms with Crippen molar-refractivity contribution >= 4 is 11.8 Å². The molecule has 0 bridgehead atoms. The van der Waals surface area contributed by atoms with Crippen molar-refractivity contribution in [1.29, 1.82) is 5.26 Å². The van der Waals surface area contributed by atoms with Crippen molar-refractivity contribution in [2.75, 3.05) is 12.4 Å². The lowest BCUT2D eigenvalue weighted by Gasteiger charge is -2.30. The number of aliphatic hydroxyl groups excluding tert-OH is 1. The fourth-order valence-corrected chi connectivity index (χ4v) is 3.82. The predicted octanol–water partition coefficient (Wildman–Crippen LogP) is 2.30. The molecular weight excluding hydrogens is 244 g/mol. The SMILES string of the molecule is CC(CO)SCCC1CCCC1(C#N)NC1CC1. The van der Waals surface area contributed by atoms with Crippen LogP contribution >= 0.6 is 11.8 Å². The molecule has 0 heterocycles. The van der Waals surface area contributed by atoms with E-state index in [1.165, 1.54) is 25.7 Å². The highest BCUT2D eigenvalue weighted by Gasteiger charge is 2.45. The Bertz CT molecular complexity index is 313. The quantitative estimate of drug-likeness (QED) is 0.744. The van der Waals surface area contributed by atoms with Crippen molar-refractivity contribution in [1.82, 2.24) is 5.32 Å². The van der Waals surface area contributed by atoms with E-state index in [1.54, 1.807) is 0 Å². The second-order valence-electron chi connectivity index (χ2n) is 5.74. The number of thioether (sulfide) groups is 1. The monoisotopic (exact) mass is 268 g/mol. The van der Waals surface area contributed by atoms with Crippen LogP contribution in [0.25, 0.3) is 0 Å². The summed E-state index contributed by atoms with van der Waals surface area (Å²) >= 11 is 1.82. The molecule has 0 saturated heterocycles. The number of nitrogens with one attached hydrogen (secondary N) is 1. The maximum Gasteiger partial charge on any atom is 0.109 e. The standard InChI is InChI=1S/C14H24N2OS/c1-11(9-17)18-8-6-12-3-2-7-14(12,10-15)16-13-4-5-13/h11-13,16-17H,2-9H2,1H3. The molecule has 2 rings (SSSR count). The summed E-state index contributed by atoms with van der Waals surface area (Å²) in [6.45, 7) is 2.30. The normalized spacial score (nSPS) is 33.3. The molecular formula is C14H24N2OS. The minimum Gasteiger partial charge on any atom is -0.395 e. The van der Waals surface area contributed by atoms with Gasteiger partial charge in [0.05, 0.1) is 12.7 Å². The van der Waals surface area contributed by atoms with Crippen LogP contribution in [-0.4, -0.2) is 34.3 Å². The molecule has 0 radical (unpaired) electrons. The third kappa shape index (κ3) is 3.40. The first-order valence-corrected chi connectivity index (χ1v) is 8.16. The summed E-state index contributed by atoms with van der Waals surface area (Å²) in [7, 11) is 0. The second-order valence-corrected chi connectivity index (χ2v) is 7.29. The lowest BCUT2D eigenvalue weighted by atomic mass is 9.86.